The molecule has 78 valence electrons. The molecule has 0 unspecified atom stereocenters. The van der Waals surface area contributed by atoms with E-state index in [1.807, 2.05) is 37.2 Å². The Bertz CT molecular complexity index is 505. The third kappa shape index (κ3) is 1.87. The molecule has 15 heavy (non-hydrogen) atoms. The summed E-state index contributed by atoms with van der Waals surface area (Å²) < 4.78 is 0.984. The first-order valence-corrected chi connectivity index (χ1v) is 5.27. The maximum atomic E-state index is 5.65. The first kappa shape index (κ1) is 10.2. The third-order valence-corrected chi connectivity index (χ3v) is 2.57. The molecule has 0 spiro atoms. The van der Waals surface area contributed by atoms with E-state index in [9.17, 15) is 0 Å². The standard InChI is InChI=1S/C10H11BrN4/c1-15(2)9-7-4-3-6(11)5-8(7)13-10(12)14-9/h3-5H,1-2H3,(H2,12,13,14). The van der Waals surface area contributed by atoms with Gasteiger partial charge in [0, 0.05) is 24.0 Å². The number of nitrogen functional groups attached to an aromatic ring is 1. The minimum absolute atomic E-state index is 0.296. The zero-order valence-corrected chi connectivity index (χ0v) is 10.1. The summed E-state index contributed by atoms with van der Waals surface area (Å²) in [6.07, 6.45) is 0. The Hall–Kier alpha value is -1.36. The van der Waals surface area contributed by atoms with Crippen molar-refractivity contribution in [3.63, 3.8) is 0 Å². The third-order valence-electron chi connectivity index (χ3n) is 2.08. The van der Waals surface area contributed by atoms with E-state index < -0.39 is 0 Å². The molecule has 2 aromatic rings. The largest absolute Gasteiger partial charge is 0.368 e. The molecule has 2 N–H and O–H groups in total. The smallest absolute Gasteiger partial charge is 0.222 e. The van der Waals surface area contributed by atoms with Crippen LogP contribution in [-0.4, -0.2) is 24.1 Å². The lowest BCUT2D eigenvalue weighted by molar-refractivity contribution is 1.07. The first-order valence-electron chi connectivity index (χ1n) is 4.48. The highest BCUT2D eigenvalue weighted by atomic mass is 79.9. The van der Waals surface area contributed by atoms with Gasteiger partial charge in [0.15, 0.2) is 0 Å². The Morgan fingerprint density at radius 1 is 1.27 bits per heavy atom. The quantitative estimate of drug-likeness (QED) is 0.859. The van der Waals surface area contributed by atoms with Crippen LogP contribution >= 0.6 is 15.9 Å². The molecule has 2 rings (SSSR count). The van der Waals surface area contributed by atoms with E-state index in [0.717, 1.165) is 21.2 Å². The Morgan fingerprint density at radius 2 is 2.00 bits per heavy atom. The molecular weight excluding hydrogens is 256 g/mol. The summed E-state index contributed by atoms with van der Waals surface area (Å²) in [5, 5.41) is 0.998. The summed E-state index contributed by atoms with van der Waals surface area (Å²) in [6, 6.07) is 5.88. The predicted molar refractivity (Wildman–Crippen MR) is 66.0 cm³/mol. The number of nitrogens with two attached hydrogens (primary N) is 1. The second kappa shape index (κ2) is 3.66. The summed E-state index contributed by atoms with van der Waals surface area (Å²) >= 11 is 3.40. The van der Waals surface area contributed by atoms with Gasteiger partial charge in [0.05, 0.1) is 5.52 Å². The van der Waals surface area contributed by atoms with Gasteiger partial charge < -0.3 is 10.6 Å². The van der Waals surface area contributed by atoms with Gasteiger partial charge in [-0.05, 0) is 18.2 Å². The van der Waals surface area contributed by atoms with Crippen molar-refractivity contribution in [1.82, 2.24) is 9.97 Å². The summed E-state index contributed by atoms with van der Waals surface area (Å²) in [4.78, 5) is 10.3. The molecular formula is C10H11BrN4. The van der Waals surface area contributed by atoms with Gasteiger partial charge in [0.25, 0.3) is 0 Å². The fourth-order valence-corrected chi connectivity index (χ4v) is 1.79. The molecule has 0 amide bonds. The number of rotatable bonds is 1. The number of anilines is 2. The lowest BCUT2D eigenvalue weighted by Crippen LogP contribution is -2.12. The predicted octanol–water partition coefficient (Wildman–Crippen LogP) is 2.04. The van der Waals surface area contributed by atoms with E-state index in [-0.39, 0.29) is 0 Å². The van der Waals surface area contributed by atoms with Gasteiger partial charge in [-0.3, -0.25) is 0 Å². The lowest BCUT2D eigenvalue weighted by Gasteiger charge is -2.14. The highest BCUT2D eigenvalue weighted by Crippen LogP contribution is 2.25. The van der Waals surface area contributed by atoms with Crippen molar-refractivity contribution in [2.24, 2.45) is 0 Å². The average molecular weight is 267 g/mol. The van der Waals surface area contributed by atoms with E-state index in [0.29, 0.717) is 5.95 Å². The van der Waals surface area contributed by atoms with Crippen LogP contribution < -0.4 is 10.6 Å². The lowest BCUT2D eigenvalue weighted by atomic mass is 10.2. The minimum atomic E-state index is 0.296. The number of benzene rings is 1. The van der Waals surface area contributed by atoms with Crippen LogP contribution in [0.3, 0.4) is 0 Å². The molecule has 0 radical (unpaired) electrons. The fourth-order valence-electron chi connectivity index (χ4n) is 1.44. The fraction of sp³-hybridized carbons (Fsp3) is 0.200. The molecule has 0 aliphatic heterocycles. The van der Waals surface area contributed by atoms with Crippen molar-refractivity contribution >= 4 is 38.6 Å². The zero-order valence-electron chi connectivity index (χ0n) is 8.53. The monoisotopic (exact) mass is 266 g/mol. The SMILES string of the molecule is CN(C)c1nc(N)nc2cc(Br)ccc12. The Kier molecular flexibility index (Phi) is 2.48. The van der Waals surface area contributed by atoms with Crippen LogP contribution in [0.5, 0.6) is 0 Å². The summed E-state index contributed by atoms with van der Waals surface area (Å²) in [7, 11) is 3.87. The normalized spacial score (nSPS) is 10.6. The van der Waals surface area contributed by atoms with E-state index in [4.69, 9.17) is 5.73 Å². The maximum Gasteiger partial charge on any atom is 0.222 e. The molecule has 0 aliphatic carbocycles. The van der Waals surface area contributed by atoms with E-state index in [2.05, 4.69) is 25.9 Å². The van der Waals surface area contributed by atoms with Gasteiger partial charge in [-0.2, -0.15) is 4.98 Å². The number of nitrogens with zero attached hydrogens (tertiary/aromatic N) is 3. The van der Waals surface area contributed by atoms with Crippen molar-refractivity contribution in [2.75, 3.05) is 24.7 Å². The number of fused-ring (bicyclic) bond motifs is 1. The summed E-state index contributed by atoms with van der Waals surface area (Å²) in [6.45, 7) is 0. The van der Waals surface area contributed by atoms with Gasteiger partial charge in [-0.25, -0.2) is 4.98 Å². The topological polar surface area (TPSA) is 55.0 Å². The Balaban J connectivity index is 2.80. The molecule has 0 atom stereocenters. The minimum Gasteiger partial charge on any atom is -0.368 e. The maximum absolute atomic E-state index is 5.65. The Morgan fingerprint density at radius 3 is 2.67 bits per heavy atom. The molecule has 1 heterocycles. The van der Waals surface area contributed by atoms with Crippen LogP contribution in [0, 0.1) is 0 Å². The van der Waals surface area contributed by atoms with Gasteiger partial charge in [0.2, 0.25) is 5.95 Å². The van der Waals surface area contributed by atoms with Crippen molar-refractivity contribution in [3.05, 3.63) is 22.7 Å². The van der Waals surface area contributed by atoms with Crippen molar-refractivity contribution in [2.45, 2.75) is 0 Å². The second-order valence-electron chi connectivity index (χ2n) is 3.46. The highest BCUT2D eigenvalue weighted by Gasteiger charge is 2.07. The van der Waals surface area contributed by atoms with Crippen molar-refractivity contribution in [1.29, 1.82) is 0 Å². The van der Waals surface area contributed by atoms with E-state index in [1.165, 1.54) is 0 Å². The van der Waals surface area contributed by atoms with Gasteiger partial charge >= 0.3 is 0 Å². The average Bonchev–Trinajstić information content (AvgIpc) is 2.15. The molecule has 0 saturated heterocycles. The Labute approximate surface area is 96.2 Å². The van der Waals surface area contributed by atoms with Crippen LogP contribution in [0.25, 0.3) is 10.9 Å². The molecule has 0 bridgehead atoms. The summed E-state index contributed by atoms with van der Waals surface area (Å²) in [5.74, 6) is 1.13. The van der Waals surface area contributed by atoms with Gasteiger partial charge in [-0.15, -0.1) is 0 Å². The van der Waals surface area contributed by atoms with Crippen molar-refractivity contribution < 1.29 is 0 Å². The molecule has 1 aromatic carbocycles. The molecule has 5 heteroatoms. The van der Waals surface area contributed by atoms with Crippen LogP contribution in [0.15, 0.2) is 22.7 Å². The molecule has 1 aromatic heterocycles. The summed E-state index contributed by atoms with van der Waals surface area (Å²) in [5.41, 5.74) is 6.50. The van der Waals surface area contributed by atoms with Crippen molar-refractivity contribution in [3.8, 4) is 0 Å². The van der Waals surface area contributed by atoms with Crippen LogP contribution in [0.1, 0.15) is 0 Å². The first-order chi connectivity index (χ1) is 7.08. The number of aromatic nitrogens is 2. The molecule has 4 nitrogen and oxygen atoms in total. The molecule has 0 aliphatic rings. The van der Waals surface area contributed by atoms with Crippen LogP contribution in [-0.2, 0) is 0 Å². The molecule has 0 saturated carbocycles. The highest BCUT2D eigenvalue weighted by molar-refractivity contribution is 9.10. The van der Waals surface area contributed by atoms with Gasteiger partial charge in [-0.1, -0.05) is 15.9 Å². The second-order valence-corrected chi connectivity index (χ2v) is 4.38. The number of hydrogen-bond donors (Lipinski definition) is 1. The zero-order chi connectivity index (χ0) is 11.0. The van der Waals surface area contributed by atoms with Gasteiger partial charge in [0.1, 0.15) is 5.82 Å². The van der Waals surface area contributed by atoms with Crippen LogP contribution in [0.2, 0.25) is 0 Å². The number of halogens is 1. The van der Waals surface area contributed by atoms with E-state index >= 15 is 0 Å². The van der Waals surface area contributed by atoms with Crippen LogP contribution in [0.4, 0.5) is 11.8 Å². The number of hydrogen-bond acceptors (Lipinski definition) is 4. The van der Waals surface area contributed by atoms with E-state index in [1.54, 1.807) is 0 Å². The molecule has 0 fully saturated rings.